The van der Waals surface area contributed by atoms with Gasteiger partial charge in [0, 0.05) is 17.5 Å². The van der Waals surface area contributed by atoms with Gasteiger partial charge in [0.05, 0.1) is 0 Å². The smallest absolute Gasteiger partial charge is 0.288 e. The molecule has 1 atom stereocenters. The number of anilines is 1. The predicted octanol–water partition coefficient (Wildman–Crippen LogP) is 3.10. The molecule has 21 heavy (non-hydrogen) atoms. The van der Waals surface area contributed by atoms with Crippen LogP contribution in [0.4, 0.5) is 14.5 Å². The highest BCUT2D eigenvalue weighted by molar-refractivity contribution is 7.99. The molecule has 0 saturated heterocycles. The second-order valence-corrected chi connectivity index (χ2v) is 5.88. The van der Waals surface area contributed by atoms with Crippen molar-refractivity contribution in [2.75, 3.05) is 5.32 Å². The maximum absolute atomic E-state index is 12.2. The molecule has 0 radical (unpaired) electrons. The van der Waals surface area contributed by atoms with E-state index < -0.39 is 11.8 Å². The normalized spacial score (nSPS) is 12.3. The lowest BCUT2D eigenvalue weighted by molar-refractivity contribution is -0.126. The maximum Gasteiger partial charge on any atom is 0.288 e. The standard InChI is InChI=1S/C14H18F2N2O2S/c1-8(2)12(17-9(3)19)13(20)18-10-4-6-11(7-5-10)21-14(15)16/h4-8,12,14H,1-3H3,(H,17,19)(H,18,20)/t12-/m1/s1. The van der Waals surface area contributed by atoms with E-state index in [2.05, 4.69) is 10.6 Å². The highest BCUT2D eigenvalue weighted by Gasteiger charge is 2.22. The van der Waals surface area contributed by atoms with Crippen LogP contribution in [0.2, 0.25) is 0 Å². The summed E-state index contributed by atoms with van der Waals surface area (Å²) in [5.41, 5.74) is 0.495. The first-order valence-electron chi connectivity index (χ1n) is 6.42. The molecule has 0 aliphatic carbocycles. The van der Waals surface area contributed by atoms with E-state index in [-0.39, 0.29) is 17.7 Å². The van der Waals surface area contributed by atoms with Gasteiger partial charge in [-0.1, -0.05) is 25.6 Å². The summed E-state index contributed by atoms with van der Waals surface area (Å²) >= 11 is 0.443. The highest BCUT2D eigenvalue weighted by Crippen LogP contribution is 2.26. The summed E-state index contributed by atoms with van der Waals surface area (Å²) in [6.45, 7) is 4.99. The average molecular weight is 316 g/mol. The van der Waals surface area contributed by atoms with Gasteiger partial charge >= 0.3 is 0 Å². The van der Waals surface area contributed by atoms with Gasteiger partial charge in [0.15, 0.2) is 0 Å². The van der Waals surface area contributed by atoms with Gasteiger partial charge in [0.2, 0.25) is 11.8 Å². The van der Waals surface area contributed by atoms with E-state index in [9.17, 15) is 18.4 Å². The van der Waals surface area contributed by atoms with Gasteiger partial charge < -0.3 is 10.6 Å². The molecule has 0 spiro atoms. The van der Waals surface area contributed by atoms with E-state index in [4.69, 9.17) is 0 Å². The van der Waals surface area contributed by atoms with Crippen molar-refractivity contribution in [2.24, 2.45) is 5.92 Å². The van der Waals surface area contributed by atoms with Crippen LogP contribution in [0, 0.1) is 5.92 Å². The Bertz CT molecular complexity index is 492. The molecule has 0 aliphatic rings. The van der Waals surface area contributed by atoms with Gasteiger partial charge in [-0.05, 0) is 30.2 Å². The Hall–Kier alpha value is -1.63. The molecule has 1 rings (SSSR count). The summed E-state index contributed by atoms with van der Waals surface area (Å²) in [4.78, 5) is 23.6. The summed E-state index contributed by atoms with van der Waals surface area (Å²) < 4.78 is 24.4. The van der Waals surface area contributed by atoms with Crippen molar-refractivity contribution in [1.82, 2.24) is 5.32 Å². The number of carbonyl (C=O) groups is 2. The average Bonchev–Trinajstić information content (AvgIpc) is 2.37. The van der Waals surface area contributed by atoms with Crippen molar-refractivity contribution < 1.29 is 18.4 Å². The first-order chi connectivity index (χ1) is 9.79. The third kappa shape index (κ3) is 6.12. The van der Waals surface area contributed by atoms with E-state index in [1.165, 1.54) is 19.1 Å². The van der Waals surface area contributed by atoms with Crippen LogP contribution in [0.1, 0.15) is 20.8 Å². The number of hydrogen-bond donors (Lipinski definition) is 2. The van der Waals surface area contributed by atoms with Crippen LogP contribution in [-0.2, 0) is 9.59 Å². The van der Waals surface area contributed by atoms with Crippen molar-refractivity contribution >= 4 is 29.3 Å². The van der Waals surface area contributed by atoms with Crippen LogP contribution >= 0.6 is 11.8 Å². The second-order valence-electron chi connectivity index (χ2n) is 4.81. The topological polar surface area (TPSA) is 58.2 Å². The molecule has 4 nitrogen and oxygen atoms in total. The zero-order valence-corrected chi connectivity index (χ0v) is 12.8. The van der Waals surface area contributed by atoms with Crippen LogP contribution < -0.4 is 10.6 Å². The molecule has 0 bridgehead atoms. The Morgan fingerprint density at radius 1 is 1.14 bits per heavy atom. The minimum Gasteiger partial charge on any atom is -0.344 e. The number of rotatable bonds is 6. The largest absolute Gasteiger partial charge is 0.344 e. The van der Waals surface area contributed by atoms with Gasteiger partial charge in [-0.15, -0.1) is 0 Å². The Morgan fingerprint density at radius 3 is 2.14 bits per heavy atom. The van der Waals surface area contributed by atoms with E-state index >= 15 is 0 Å². The summed E-state index contributed by atoms with van der Waals surface area (Å²) in [6, 6.07) is 5.48. The fourth-order valence-electron chi connectivity index (χ4n) is 1.69. The number of thioether (sulfide) groups is 1. The molecule has 7 heteroatoms. The number of carbonyl (C=O) groups excluding carboxylic acids is 2. The van der Waals surface area contributed by atoms with Crippen LogP contribution in [0.25, 0.3) is 0 Å². The van der Waals surface area contributed by atoms with E-state index in [1.807, 2.05) is 13.8 Å². The molecule has 116 valence electrons. The van der Waals surface area contributed by atoms with E-state index in [1.54, 1.807) is 12.1 Å². The number of halogens is 2. The zero-order chi connectivity index (χ0) is 16.0. The molecule has 0 aromatic heterocycles. The van der Waals surface area contributed by atoms with Gasteiger partial charge in [0.1, 0.15) is 6.04 Å². The fraction of sp³-hybridized carbons (Fsp3) is 0.429. The Kier molecular flexibility index (Phi) is 6.61. The second kappa shape index (κ2) is 7.97. The Balaban J connectivity index is 2.70. The maximum atomic E-state index is 12.2. The van der Waals surface area contributed by atoms with Crippen molar-refractivity contribution in [1.29, 1.82) is 0 Å². The first-order valence-corrected chi connectivity index (χ1v) is 7.30. The predicted molar refractivity (Wildman–Crippen MR) is 79.4 cm³/mol. The fourth-order valence-corrected chi connectivity index (χ4v) is 2.19. The SMILES string of the molecule is CC(=O)N[C@@H](C(=O)Nc1ccc(SC(F)F)cc1)C(C)C. The van der Waals surface area contributed by atoms with Gasteiger partial charge in [-0.25, -0.2) is 0 Å². The van der Waals surface area contributed by atoms with Crippen molar-refractivity contribution in [3.05, 3.63) is 24.3 Å². The summed E-state index contributed by atoms with van der Waals surface area (Å²) in [5, 5.41) is 5.24. The quantitative estimate of drug-likeness (QED) is 0.793. The van der Waals surface area contributed by atoms with Crippen LogP contribution in [-0.4, -0.2) is 23.6 Å². The monoisotopic (exact) mass is 316 g/mol. The molecular weight excluding hydrogens is 298 g/mol. The zero-order valence-electron chi connectivity index (χ0n) is 12.0. The molecule has 0 unspecified atom stereocenters. The first kappa shape index (κ1) is 17.4. The Labute approximate surface area is 126 Å². The molecule has 2 amide bonds. The molecule has 0 saturated carbocycles. The third-order valence-corrected chi connectivity index (χ3v) is 3.38. The molecule has 1 aromatic rings. The molecule has 0 heterocycles. The van der Waals surface area contributed by atoms with Crippen LogP contribution in [0.3, 0.4) is 0 Å². The number of benzene rings is 1. The third-order valence-electron chi connectivity index (χ3n) is 2.65. The lowest BCUT2D eigenvalue weighted by Crippen LogP contribution is -2.46. The van der Waals surface area contributed by atoms with Crippen molar-refractivity contribution in [2.45, 2.75) is 37.5 Å². The van der Waals surface area contributed by atoms with Crippen molar-refractivity contribution in [3.63, 3.8) is 0 Å². The number of alkyl halides is 2. The van der Waals surface area contributed by atoms with Crippen LogP contribution in [0.15, 0.2) is 29.2 Å². The number of hydrogen-bond acceptors (Lipinski definition) is 3. The van der Waals surface area contributed by atoms with E-state index in [0.29, 0.717) is 22.3 Å². The molecule has 2 N–H and O–H groups in total. The van der Waals surface area contributed by atoms with Gasteiger partial charge in [-0.3, -0.25) is 9.59 Å². The summed E-state index contributed by atoms with van der Waals surface area (Å²) in [5.74, 6) is -3.17. The van der Waals surface area contributed by atoms with Gasteiger partial charge in [0.25, 0.3) is 5.76 Å². The lowest BCUT2D eigenvalue weighted by Gasteiger charge is -2.21. The minimum absolute atomic E-state index is 0.0671. The lowest BCUT2D eigenvalue weighted by atomic mass is 10.0. The minimum atomic E-state index is -2.48. The summed E-state index contributed by atoms with van der Waals surface area (Å²) in [7, 11) is 0. The number of nitrogens with one attached hydrogen (secondary N) is 2. The molecule has 1 aromatic carbocycles. The molecular formula is C14H18F2N2O2S. The molecule has 0 fully saturated rings. The molecule has 0 aliphatic heterocycles. The van der Waals surface area contributed by atoms with Crippen LogP contribution in [0.5, 0.6) is 0 Å². The number of amides is 2. The van der Waals surface area contributed by atoms with E-state index in [0.717, 1.165) is 0 Å². The van der Waals surface area contributed by atoms with Gasteiger partial charge in [-0.2, -0.15) is 8.78 Å². The highest BCUT2D eigenvalue weighted by atomic mass is 32.2. The summed E-state index contributed by atoms with van der Waals surface area (Å²) in [6.07, 6.45) is 0. The Morgan fingerprint density at radius 2 is 1.71 bits per heavy atom. The van der Waals surface area contributed by atoms with Crippen molar-refractivity contribution in [3.8, 4) is 0 Å².